The number of oxazole rings is 1. The molecule has 168 valence electrons. The topological polar surface area (TPSA) is 73.6 Å². The van der Waals surface area contributed by atoms with E-state index in [4.69, 9.17) is 13.9 Å². The van der Waals surface area contributed by atoms with Crippen molar-refractivity contribution in [3.8, 4) is 34.3 Å². The van der Waals surface area contributed by atoms with Crippen LogP contribution in [0.15, 0.2) is 77.3 Å². The third-order valence-corrected chi connectivity index (χ3v) is 5.18. The Bertz CT molecular complexity index is 1250. The number of ether oxygens (including phenoxy) is 2. The minimum absolute atomic E-state index is 0.229. The lowest BCUT2D eigenvalue weighted by Gasteiger charge is -2.11. The van der Waals surface area contributed by atoms with Crippen LogP contribution in [0.25, 0.3) is 22.8 Å². The first-order chi connectivity index (χ1) is 16.1. The molecule has 33 heavy (non-hydrogen) atoms. The van der Waals surface area contributed by atoms with Crippen molar-refractivity contribution in [3.63, 3.8) is 0 Å². The van der Waals surface area contributed by atoms with Crippen molar-refractivity contribution in [2.24, 2.45) is 0 Å². The van der Waals surface area contributed by atoms with Gasteiger partial charge in [-0.2, -0.15) is 0 Å². The van der Waals surface area contributed by atoms with E-state index in [-0.39, 0.29) is 11.7 Å². The first-order valence-corrected chi connectivity index (χ1v) is 10.4. The quantitative estimate of drug-likeness (QED) is 0.406. The maximum Gasteiger partial charge on any atom is 0.252 e. The number of hydrogen-bond acceptors (Lipinski definition) is 5. The lowest BCUT2D eigenvalue weighted by molar-refractivity contribution is 0.0954. The van der Waals surface area contributed by atoms with Gasteiger partial charge < -0.3 is 19.2 Å². The largest absolute Gasteiger partial charge is 0.493 e. The summed E-state index contributed by atoms with van der Waals surface area (Å²) in [5.74, 6) is 1.56. The van der Waals surface area contributed by atoms with Crippen molar-refractivity contribution in [2.45, 2.75) is 6.42 Å². The second kappa shape index (κ2) is 9.99. The summed E-state index contributed by atoms with van der Waals surface area (Å²) in [6, 6.07) is 18.7. The highest BCUT2D eigenvalue weighted by molar-refractivity contribution is 6.00. The molecule has 0 aliphatic rings. The summed E-state index contributed by atoms with van der Waals surface area (Å²) in [4.78, 5) is 17.2. The van der Waals surface area contributed by atoms with E-state index >= 15 is 0 Å². The summed E-state index contributed by atoms with van der Waals surface area (Å²) in [5.41, 5.74) is 2.75. The summed E-state index contributed by atoms with van der Waals surface area (Å²) in [5, 5.41) is 2.95. The Kier molecular flexibility index (Phi) is 6.69. The van der Waals surface area contributed by atoms with Gasteiger partial charge in [0.1, 0.15) is 5.82 Å². The highest BCUT2D eigenvalue weighted by Crippen LogP contribution is 2.29. The molecule has 6 nitrogen and oxygen atoms in total. The summed E-state index contributed by atoms with van der Waals surface area (Å²) in [6.07, 6.45) is 2.19. The van der Waals surface area contributed by atoms with Crippen LogP contribution in [0, 0.1) is 5.82 Å². The van der Waals surface area contributed by atoms with Gasteiger partial charge in [-0.05, 0) is 60.5 Å². The van der Waals surface area contributed by atoms with Crippen LogP contribution in [0.4, 0.5) is 4.39 Å². The molecule has 0 spiro atoms. The maximum absolute atomic E-state index is 13.2. The zero-order chi connectivity index (χ0) is 23.2. The molecular weight excluding hydrogens is 423 g/mol. The number of carbonyl (C=O) groups excluding carboxylic acids is 1. The summed E-state index contributed by atoms with van der Waals surface area (Å²) in [6.45, 7) is 0.440. The van der Waals surface area contributed by atoms with Crippen molar-refractivity contribution in [2.75, 3.05) is 20.8 Å². The van der Waals surface area contributed by atoms with Crippen LogP contribution in [-0.4, -0.2) is 31.7 Å². The molecule has 0 fully saturated rings. The van der Waals surface area contributed by atoms with Gasteiger partial charge in [-0.15, -0.1) is 0 Å². The zero-order valence-corrected chi connectivity index (χ0v) is 18.3. The fourth-order valence-electron chi connectivity index (χ4n) is 3.47. The normalized spacial score (nSPS) is 10.6. The van der Waals surface area contributed by atoms with Crippen LogP contribution in [0.1, 0.15) is 15.9 Å². The lowest BCUT2D eigenvalue weighted by atomic mass is 10.1. The predicted octanol–water partition coefficient (Wildman–Crippen LogP) is 5.14. The van der Waals surface area contributed by atoms with Crippen LogP contribution in [0.3, 0.4) is 0 Å². The van der Waals surface area contributed by atoms with E-state index in [0.717, 1.165) is 5.56 Å². The van der Waals surface area contributed by atoms with E-state index in [1.54, 1.807) is 50.7 Å². The van der Waals surface area contributed by atoms with Crippen LogP contribution >= 0.6 is 0 Å². The average Bonchev–Trinajstić information content (AvgIpc) is 3.34. The van der Waals surface area contributed by atoms with Gasteiger partial charge in [-0.25, -0.2) is 9.37 Å². The van der Waals surface area contributed by atoms with Crippen LogP contribution < -0.4 is 14.8 Å². The molecule has 0 aliphatic heterocycles. The van der Waals surface area contributed by atoms with Crippen LogP contribution in [0.2, 0.25) is 0 Å². The predicted molar refractivity (Wildman–Crippen MR) is 123 cm³/mol. The Hall–Kier alpha value is -4.13. The van der Waals surface area contributed by atoms with Crippen LogP contribution in [-0.2, 0) is 6.42 Å². The number of rotatable bonds is 8. The summed E-state index contributed by atoms with van der Waals surface area (Å²) in [7, 11) is 3.18. The fraction of sp³-hybridized carbons (Fsp3) is 0.154. The summed E-state index contributed by atoms with van der Waals surface area (Å²) >= 11 is 0. The molecule has 4 aromatic rings. The SMILES string of the molecule is COc1ccc(CCNC(=O)c2ccccc2-c2ncc(-c3ccc(F)cc3)o2)cc1OC. The zero-order valence-electron chi connectivity index (χ0n) is 18.3. The number of hydrogen-bond donors (Lipinski definition) is 1. The highest BCUT2D eigenvalue weighted by atomic mass is 19.1. The second-order valence-electron chi connectivity index (χ2n) is 7.28. The van der Waals surface area contributed by atoms with E-state index in [1.165, 1.54) is 12.1 Å². The Morgan fingerprint density at radius 2 is 1.76 bits per heavy atom. The molecule has 1 aromatic heterocycles. The molecule has 1 amide bonds. The highest BCUT2D eigenvalue weighted by Gasteiger charge is 2.17. The van der Waals surface area contributed by atoms with Crippen molar-refractivity contribution in [1.82, 2.24) is 10.3 Å². The third-order valence-electron chi connectivity index (χ3n) is 5.18. The van der Waals surface area contributed by atoms with Crippen molar-refractivity contribution in [3.05, 3.63) is 89.9 Å². The van der Waals surface area contributed by atoms with E-state index < -0.39 is 0 Å². The van der Waals surface area contributed by atoms with Gasteiger partial charge in [0.2, 0.25) is 5.89 Å². The number of benzene rings is 3. The molecule has 4 rings (SSSR count). The van der Waals surface area contributed by atoms with Crippen LogP contribution in [0.5, 0.6) is 11.5 Å². The molecule has 0 saturated carbocycles. The summed E-state index contributed by atoms with van der Waals surface area (Å²) < 4.78 is 29.6. The third kappa shape index (κ3) is 5.03. The first-order valence-electron chi connectivity index (χ1n) is 10.4. The monoisotopic (exact) mass is 446 g/mol. The number of halogens is 1. The number of aromatic nitrogens is 1. The van der Waals surface area contributed by atoms with Gasteiger partial charge in [0.15, 0.2) is 17.3 Å². The Morgan fingerprint density at radius 1 is 1.00 bits per heavy atom. The molecule has 1 heterocycles. The van der Waals surface area contributed by atoms with Gasteiger partial charge in [0, 0.05) is 17.7 Å². The number of amides is 1. The van der Waals surface area contributed by atoms with Gasteiger partial charge >= 0.3 is 0 Å². The molecule has 0 saturated heterocycles. The van der Waals surface area contributed by atoms with Crippen molar-refractivity contribution >= 4 is 5.91 Å². The van der Waals surface area contributed by atoms with Gasteiger partial charge in [-0.1, -0.05) is 18.2 Å². The molecule has 0 atom stereocenters. The standard InChI is InChI=1S/C26H23FN2O4/c1-31-22-12-7-17(15-23(22)32-2)13-14-28-25(30)20-5-3-4-6-21(20)26-29-16-24(33-26)18-8-10-19(27)11-9-18/h3-12,15-16H,13-14H2,1-2H3,(H,28,30). The average molecular weight is 446 g/mol. The van der Waals surface area contributed by atoms with E-state index in [1.807, 2.05) is 24.3 Å². The Labute approximate surface area is 191 Å². The van der Waals surface area contributed by atoms with Crippen molar-refractivity contribution < 1.29 is 23.1 Å². The fourth-order valence-corrected chi connectivity index (χ4v) is 3.47. The molecule has 0 aliphatic carbocycles. The molecule has 0 unspecified atom stereocenters. The minimum Gasteiger partial charge on any atom is -0.493 e. The van der Waals surface area contributed by atoms with E-state index in [9.17, 15) is 9.18 Å². The van der Waals surface area contributed by atoms with E-state index in [2.05, 4.69) is 10.3 Å². The maximum atomic E-state index is 13.2. The second-order valence-corrected chi connectivity index (χ2v) is 7.28. The molecule has 0 bridgehead atoms. The Morgan fingerprint density at radius 3 is 2.52 bits per heavy atom. The number of nitrogens with zero attached hydrogens (tertiary/aromatic N) is 1. The first kappa shape index (κ1) is 22.1. The molecule has 3 aromatic carbocycles. The number of methoxy groups -OCH3 is 2. The van der Waals surface area contributed by atoms with E-state index in [0.29, 0.717) is 52.8 Å². The molecule has 1 N–H and O–H groups in total. The van der Waals surface area contributed by atoms with Gasteiger partial charge in [-0.3, -0.25) is 4.79 Å². The number of carbonyl (C=O) groups is 1. The molecule has 7 heteroatoms. The van der Waals surface area contributed by atoms with Gasteiger partial charge in [0.05, 0.1) is 26.0 Å². The van der Waals surface area contributed by atoms with Crippen molar-refractivity contribution in [1.29, 1.82) is 0 Å². The molecular formula is C26H23FN2O4. The lowest BCUT2D eigenvalue weighted by Crippen LogP contribution is -2.26. The minimum atomic E-state index is -0.325. The van der Waals surface area contributed by atoms with Gasteiger partial charge in [0.25, 0.3) is 5.91 Å². The number of nitrogens with one attached hydrogen (secondary N) is 1. The molecule has 0 radical (unpaired) electrons. The Balaban J connectivity index is 1.46. The smallest absolute Gasteiger partial charge is 0.252 e.